The molecule has 0 bridgehead atoms. The first kappa shape index (κ1) is 15.1. The van der Waals surface area contributed by atoms with Gasteiger partial charge in [-0.05, 0) is 24.1 Å². The Bertz CT molecular complexity index is 824. The fourth-order valence-electron chi connectivity index (χ4n) is 2.69. The summed E-state index contributed by atoms with van der Waals surface area (Å²) in [6.07, 6.45) is 1.12. The number of carbonyl (C=O) groups is 1. The van der Waals surface area contributed by atoms with Gasteiger partial charge in [-0.1, -0.05) is 13.0 Å². The van der Waals surface area contributed by atoms with Crippen LogP contribution in [0.15, 0.2) is 28.9 Å². The van der Waals surface area contributed by atoms with E-state index in [0.717, 1.165) is 12.0 Å². The van der Waals surface area contributed by atoms with Crippen molar-refractivity contribution >= 4 is 26.7 Å². The molecule has 2 atom stereocenters. The van der Waals surface area contributed by atoms with Gasteiger partial charge < -0.3 is 14.8 Å². The Hall–Kier alpha value is -1.86. The molecule has 3 rings (SSSR count). The van der Waals surface area contributed by atoms with Crippen LogP contribution in [0.25, 0.3) is 11.0 Å². The maximum absolute atomic E-state index is 12.4. The lowest BCUT2D eigenvalue weighted by atomic mass is 10.1. The zero-order valence-electron chi connectivity index (χ0n) is 12.1. The average molecular weight is 323 g/mol. The van der Waals surface area contributed by atoms with Crippen LogP contribution in [-0.2, 0) is 16.3 Å². The molecule has 2 aromatic rings. The van der Waals surface area contributed by atoms with Crippen molar-refractivity contribution in [2.45, 2.75) is 25.5 Å². The van der Waals surface area contributed by atoms with Crippen LogP contribution in [0.4, 0.5) is 0 Å². The van der Waals surface area contributed by atoms with Crippen molar-refractivity contribution < 1.29 is 22.7 Å². The van der Waals surface area contributed by atoms with Crippen LogP contribution < -0.4 is 5.32 Å². The third kappa shape index (κ3) is 2.74. The maximum Gasteiger partial charge on any atom is 0.255 e. The van der Waals surface area contributed by atoms with E-state index in [0.29, 0.717) is 16.5 Å². The van der Waals surface area contributed by atoms with Gasteiger partial charge >= 0.3 is 0 Å². The van der Waals surface area contributed by atoms with Crippen molar-refractivity contribution in [3.63, 3.8) is 0 Å². The lowest BCUT2D eigenvalue weighted by molar-refractivity contribution is 0.0889. The highest BCUT2D eigenvalue weighted by atomic mass is 32.2. The predicted molar refractivity (Wildman–Crippen MR) is 81.5 cm³/mol. The van der Waals surface area contributed by atoms with Gasteiger partial charge in [0, 0.05) is 5.39 Å². The molecule has 0 saturated carbocycles. The summed E-state index contributed by atoms with van der Waals surface area (Å²) < 4.78 is 28.3. The lowest BCUT2D eigenvalue weighted by Crippen LogP contribution is -2.42. The summed E-state index contributed by atoms with van der Waals surface area (Å²) in [5.74, 6) is -0.992. The second kappa shape index (κ2) is 5.40. The van der Waals surface area contributed by atoms with Gasteiger partial charge in [-0.15, -0.1) is 0 Å². The topological polar surface area (TPSA) is 96.6 Å². The van der Waals surface area contributed by atoms with Crippen LogP contribution >= 0.6 is 0 Å². The molecule has 1 fully saturated rings. The number of benzene rings is 1. The minimum atomic E-state index is -3.30. The SMILES string of the molecule is CCc1ccc2occ(C(=O)N[C@@H]3CS(=O)(=O)C[C@H]3O)c2c1. The van der Waals surface area contributed by atoms with Crippen LogP contribution in [-0.4, -0.2) is 43.1 Å². The van der Waals surface area contributed by atoms with E-state index in [1.807, 2.05) is 19.1 Å². The van der Waals surface area contributed by atoms with Gasteiger partial charge in [0.2, 0.25) is 0 Å². The molecule has 1 aliphatic rings. The number of hydrogen-bond acceptors (Lipinski definition) is 5. The number of rotatable bonds is 3. The van der Waals surface area contributed by atoms with Crippen molar-refractivity contribution in [3.05, 3.63) is 35.6 Å². The molecule has 2 N–H and O–H groups in total. The van der Waals surface area contributed by atoms with Gasteiger partial charge in [-0.3, -0.25) is 4.79 Å². The molecule has 1 amide bonds. The Kier molecular flexibility index (Phi) is 3.70. The van der Waals surface area contributed by atoms with Gasteiger partial charge in [0.25, 0.3) is 5.91 Å². The molecule has 22 heavy (non-hydrogen) atoms. The Morgan fingerprint density at radius 3 is 2.82 bits per heavy atom. The van der Waals surface area contributed by atoms with Crippen molar-refractivity contribution in [1.29, 1.82) is 0 Å². The molecule has 7 heteroatoms. The Morgan fingerprint density at radius 1 is 1.41 bits per heavy atom. The molecular formula is C15H17NO5S. The van der Waals surface area contributed by atoms with Gasteiger partial charge in [0.05, 0.1) is 29.2 Å². The van der Waals surface area contributed by atoms with Crippen molar-refractivity contribution in [1.82, 2.24) is 5.32 Å². The number of fused-ring (bicyclic) bond motifs is 1. The number of nitrogens with one attached hydrogen (secondary N) is 1. The molecule has 0 spiro atoms. The van der Waals surface area contributed by atoms with E-state index in [1.165, 1.54) is 6.26 Å². The average Bonchev–Trinajstić information content (AvgIpc) is 2.98. The molecule has 0 unspecified atom stereocenters. The summed E-state index contributed by atoms with van der Waals surface area (Å²) in [6.45, 7) is 2.01. The van der Waals surface area contributed by atoms with Crippen LogP contribution in [0.5, 0.6) is 0 Å². The second-order valence-corrected chi connectivity index (χ2v) is 7.71. The van der Waals surface area contributed by atoms with Crippen LogP contribution in [0.2, 0.25) is 0 Å². The second-order valence-electron chi connectivity index (χ2n) is 5.56. The lowest BCUT2D eigenvalue weighted by Gasteiger charge is -2.14. The van der Waals surface area contributed by atoms with E-state index in [9.17, 15) is 18.3 Å². The number of hydrogen-bond donors (Lipinski definition) is 2. The molecule has 6 nitrogen and oxygen atoms in total. The fraction of sp³-hybridized carbons (Fsp3) is 0.400. The molecule has 1 aromatic carbocycles. The first-order valence-corrected chi connectivity index (χ1v) is 8.91. The van der Waals surface area contributed by atoms with Crippen LogP contribution in [0.1, 0.15) is 22.8 Å². The Morgan fingerprint density at radius 2 is 2.18 bits per heavy atom. The van der Waals surface area contributed by atoms with Gasteiger partial charge in [-0.25, -0.2) is 8.42 Å². The van der Waals surface area contributed by atoms with Crippen molar-refractivity contribution in [2.24, 2.45) is 0 Å². The monoisotopic (exact) mass is 323 g/mol. The van der Waals surface area contributed by atoms with Crippen LogP contribution in [0, 0.1) is 0 Å². The van der Waals surface area contributed by atoms with Gasteiger partial charge in [-0.2, -0.15) is 0 Å². The standard InChI is InChI=1S/C15H17NO5S/c1-2-9-3-4-14-10(5-9)11(6-21-14)15(18)16-12-7-22(19,20)8-13(12)17/h3-6,12-13,17H,2,7-8H2,1H3,(H,16,18)/t12-,13-/m1/s1. The quantitative estimate of drug-likeness (QED) is 0.874. The molecule has 118 valence electrons. The summed E-state index contributed by atoms with van der Waals surface area (Å²) in [5, 5.41) is 13.0. The Labute approximate surface area is 128 Å². The summed E-state index contributed by atoms with van der Waals surface area (Å²) in [6, 6.07) is 4.84. The number of furan rings is 1. The largest absolute Gasteiger partial charge is 0.463 e. The summed E-state index contributed by atoms with van der Waals surface area (Å²) in [7, 11) is -3.30. The van der Waals surface area contributed by atoms with Gasteiger partial charge in [0.1, 0.15) is 11.8 Å². The maximum atomic E-state index is 12.4. The number of aliphatic hydroxyl groups is 1. The van der Waals surface area contributed by atoms with E-state index in [4.69, 9.17) is 4.42 Å². The van der Waals surface area contributed by atoms with Crippen molar-refractivity contribution in [2.75, 3.05) is 11.5 Å². The summed E-state index contributed by atoms with van der Waals surface area (Å²) in [4.78, 5) is 12.4. The molecule has 0 radical (unpaired) electrons. The van der Waals surface area contributed by atoms with E-state index in [1.54, 1.807) is 6.07 Å². The number of aliphatic hydroxyl groups excluding tert-OH is 1. The smallest absolute Gasteiger partial charge is 0.255 e. The first-order valence-electron chi connectivity index (χ1n) is 7.09. The summed E-state index contributed by atoms with van der Waals surface area (Å²) in [5.41, 5.74) is 2.02. The van der Waals surface area contributed by atoms with E-state index >= 15 is 0 Å². The fourth-order valence-corrected chi connectivity index (χ4v) is 4.43. The zero-order valence-corrected chi connectivity index (χ0v) is 12.9. The molecule has 1 aliphatic heterocycles. The molecular weight excluding hydrogens is 306 g/mol. The first-order chi connectivity index (χ1) is 10.4. The van der Waals surface area contributed by atoms with Crippen molar-refractivity contribution in [3.8, 4) is 0 Å². The minimum Gasteiger partial charge on any atom is -0.463 e. The van der Waals surface area contributed by atoms with E-state index < -0.39 is 27.9 Å². The van der Waals surface area contributed by atoms with E-state index in [2.05, 4.69) is 5.32 Å². The highest BCUT2D eigenvalue weighted by Crippen LogP contribution is 2.23. The zero-order chi connectivity index (χ0) is 15.9. The van der Waals surface area contributed by atoms with E-state index in [-0.39, 0.29) is 11.5 Å². The molecule has 1 aromatic heterocycles. The molecule has 1 saturated heterocycles. The highest BCUT2D eigenvalue weighted by Gasteiger charge is 2.37. The summed E-state index contributed by atoms with van der Waals surface area (Å²) >= 11 is 0. The Balaban J connectivity index is 1.86. The number of amides is 1. The number of carbonyl (C=O) groups excluding carboxylic acids is 1. The number of aryl methyl sites for hydroxylation is 1. The predicted octanol–water partition coefficient (Wildman–Crippen LogP) is 0.883. The molecule has 2 heterocycles. The normalized spacial score (nSPS) is 23.7. The minimum absolute atomic E-state index is 0.240. The number of sulfone groups is 1. The molecule has 0 aliphatic carbocycles. The van der Waals surface area contributed by atoms with Gasteiger partial charge in [0.15, 0.2) is 9.84 Å². The van der Waals surface area contributed by atoms with Crippen LogP contribution in [0.3, 0.4) is 0 Å². The highest BCUT2D eigenvalue weighted by molar-refractivity contribution is 7.91. The third-order valence-electron chi connectivity index (χ3n) is 3.93. The third-order valence-corrected chi connectivity index (χ3v) is 5.65.